The minimum Gasteiger partial charge on any atom is -0.374 e. The number of carbonyl (C=O) groups is 1. The van der Waals surface area contributed by atoms with Crippen molar-refractivity contribution in [1.29, 1.82) is 0 Å². The Labute approximate surface area is 129 Å². The summed E-state index contributed by atoms with van der Waals surface area (Å²) in [7, 11) is 0. The average Bonchev–Trinajstić information content (AvgIpc) is 2.88. The number of nitrogen functional groups attached to an aromatic ring is 1. The molecule has 0 saturated carbocycles. The lowest BCUT2D eigenvalue weighted by Gasteiger charge is -2.04. The molecule has 0 radical (unpaired) electrons. The summed E-state index contributed by atoms with van der Waals surface area (Å²) >= 11 is 4.36. The zero-order chi connectivity index (χ0) is 14.2. The van der Waals surface area contributed by atoms with E-state index in [0.29, 0.717) is 17.4 Å². The van der Waals surface area contributed by atoms with Crippen molar-refractivity contribution in [2.75, 3.05) is 23.8 Å². The Hall–Kier alpha value is -1.25. The highest BCUT2D eigenvalue weighted by Crippen LogP contribution is 2.23. The standard InChI is InChI=1S/C12H14N4OS3/c13-11-15-16-12(20-11)19-8-10(17)14-6-7-18-9-4-2-1-3-5-9/h1-5H,6-8H2,(H2,13,15)(H,14,17). The molecule has 0 aliphatic carbocycles. The number of benzene rings is 1. The number of nitrogens with two attached hydrogens (primary N) is 1. The molecule has 0 atom stereocenters. The zero-order valence-corrected chi connectivity index (χ0v) is 13.1. The van der Waals surface area contributed by atoms with Gasteiger partial charge in [0.25, 0.3) is 0 Å². The van der Waals surface area contributed by atoms with Crippen molar-refractivity contribution >= 4 is 45.9 Å². The first-order chi connectivity index (χ1) is 9.74. The molecule has 0 bridgehead atoms. The van der Waals surface area contributed by atoms with Gasteiger partial charge in [-0.05, 0) is 12.1 Å². The van der Waals surface area contributed by atoms with Crippen LogP contribution in [-0.2, 0) is 4.79 Å². The van der Waals surface area contributed by atoms with Crippen LogP contribution in [0.15, 0.2) is 39.6 Å². The van der Waals surface area contributed by atoms with E-state index in [1.54, 1.807) is 11.8 Å². The monoisotopic (exact) mass is 326 g/mol. The third kappa shape index (κ3) is 5.40. The third-order valence-corrected chi connectivity index (χ3v) is 5.08. The van der Waals surface area contributed by atoms with Gasteiger partial charge in [0.15, 0.2) is 4.34 Å². The van der Waals surface area contributed by atoms with Crippen molar-refractivity contribution in [3.63, 3.8) is 0 Å². The summed E-state index contributed by atoms with van der Waals surface area (Å²) in [5.74, 6) is 1.19. The van der Waals surface area contributed by atoms with E-state index >= 15 is 0 Å². The van der Waals surface area contributed by atoms with E-state index in [0.717, 1.165) is 10.1 Å². The second-order valence-corrected chi connectivity index (χ2v) is 7.11. The summed E-state index contributed by atoms with van der Waals surface area (Å²) in [6.07, 6.45) is 0. The van der Waals surface area contributed by atoms with Crippen molar-refractivity contribution in [2.45, 2.75) is 9.24 Å². The van der Waals surface area contributed by atoms with Gasteiger partial charge in [0.2, 0.25) is 11.0 Å². The number of carbonyl (C=O) groups excluding carboxylic acids is 1. The fraction of sp³-hybridized carbons (Fsp3) is 0.250. The number of rotatable bonds is 7. The first-order valence-corrected chi connectivity index (χ1v) is 8.69. The third-order valence-electron chi connectivity index (χ3n) is 2.18. The van der Waals surface area contributed by atoms with Gasteiger partial charge >= 0.3 is 0 Å². The highest BCUT2D eigenvalue weighted by Gasteiger charge is 2.06. The van der Waals surface area contributed by atoms with Crippen LogP contribution in [0.2, 0.25) is 0 Å². The first-order valence-electron chi connectivity index (χ1n) is 5.90. The molecule has 8 heteroatoms. The van der Waals surface area contributed by atoms with E-state index in [4.69, 9.17) is 5.73 Å². The van der Waals surface area contributed by atoms with Crippen LogP contribution in [0.1, 0.15) is 0 Å². The van der Waals surface area contributed by atoms with Crippen LogP contribution >= 0.6 is 34.9 Å². The molecular formula is C12H14N4OS3. The molecule has 20 heavy (non-hydrogen) atoms. The molecule has 1 aromatic heterocycles. The SMILES string of the molecule is Nc1nnc(SCC(=O)NCCSc2ccccc2)s1. The lowest BCUT2D eigenvalue weighted by atomic mass is 10.4. The Bertz CT molecular complexity index is 547. The highest BCUT2D eigenvalue weighted by molar-refractivity contribution is 8.01. The van der Waals surface area contributed by atoms with Gasteiger partial charge < -0.3 is 11.1 Å². The molecule has 0 saturated heterocycles. The average molecular weight is 326 g/mol. The van der Waals surface area contributed by atoms with Crippen LogP contribution in [0, 0.1) is 0 Å². The van der Waals surface area contributed by atoms with E-state index in [2.05, 4.69) is 27.6 Å². The van der Waals surface area contributed by atoms with Gasteiger partial charge in [-0.1, -0.05) is 41.3 Å². The second kappa shape index (κ2) is 8.13. The smallest absolute Gasteiger partial charge is 0.230 e. The van der Waals surface area contributed by atoms with Gasteiger partial charge in [0.05, 0.1) is 5.75 Å². The lowest BCUT2D eigenvalue weighted by Crippen LogP contribution is -2.27. The van der Waals surface area contributed by atoms with Crippen molar-refractivity contribution in [1.82, 2.24) is 15.5 Å². The van der Waals surface area contributed by atoms with Crippen molar-refractivity contribution in [3.05, 3.63) is 30.3 Å². The van der Waals surface area contributed by atoms with E-state index < -0.39 is 0 Å². The summed E-state index contributed by atoms with van der Waals surface area (Å²) in [4.78, 5) is 12.8. The normalized spacial score (nSPS) is 10.4. The van der Waals surface area contributed by atoms with Crippen molar-refractivity contribution in [3.8, 4) is 0 Å². The molecular weight excluding hydrogens is 312 g/mol. The van der Waals surface area contributed by atoms with Gasteiger partial charge in [-0.3, -0.25) is 4.79 Å². The minimum absolute atomic E-state index is 0.00238. The lowest BCUT2D eigenvalue weighted by molar-refractivity contribution is -0.118. The topological polar surface area (TPSA) is 80.9 Å². The molecule has 1 heterocycles. The van der Waals surface area contributed by atoms with E-state index in [1.165, 1.54) is 28.0 Å². The van der Waals surface area contributed by atoms with Crippen LogP contribution in [0.25, 0.3) is 0 Å². The zero-order valence-electron chi connectivity index (χ0n) is 10.6. The van der Waals surface area contributed by atoms with E-state index in [-0.39, 0.29) is 5.91 Å². The van der Waals surface area contributed by atoms with Crippen molar-refractivity contribution in [2.24, 2.45) is 0 Å². The maximum absolute atomic E-state index is 11.6. The fourth-order valence-corrected chi connectivity index (χ4v) is 3.59. The van der Waals surface area contributed by atoms with Crippen LogP contribution in [0.4, 0.5) is 5.13 Å². The van der Waals surface area contributed by atoms with Gasteiger partial charge in [-0.15, -0.1) is 22.0 Å². The van der Waals surface area contributed by atoms with Crippen LogP contribution < -0.4 is 11.1 Å². The first kappa shape index (κ1) is 15.1. The van der Waals surface area contributed by atoms with Crippen molar-refractivity contribution < 1.29 is 4.79 Å². The Morgan fingerprint density at radius 2 is 2.05 bits per heavy atom. The fourth-order valence-electron chi connectivity index (χ4n) is 1.33. The number of nitrogens with one attached hydrogen (secondary N) is 1. The number of hydrogen-bond donors (Lipinski definition) is 2. The van der Waals surface area contributed by atoms with Gasteiger partial charge in [-0.2, -0.15) is 0 Å². The maximum Gasteiger partial charge on any atom is 0.230 e. The predicted octanol–water partition coefficient (Wildman–Crippen LogP) is 2.12. The van der Waals surface area contributed by atoms with Crippen LogP contribution in [-0.4, -0.2) is 34.2 Å². The molecule has 3 N–H and O–H groups in total. The molecule has 2 rings (SSSR count). The number of anilines is 1. The number of amides is 1. The van der Waals surface area contributed by atoms with Crippen LogP contribution in [0.3, 0.4) is 0 Å². The highest BCUT2D eigenvalue weighted by atomic mass is 32.2. The minimum atomic E-state index is -0.00238. The number of aromatic nitrogens is 2. The number of hydrogen-bond acceptors (Lipinski definition) is 7. The molecule has 0 aliphatic rings. The molecule has 2 aromatic rings. The Morgan fingerprint density at radius 3 is 2.75 bits per heavy atom. The molecule has 0 spiro atoms. The predicted molar refractivity (Wildman–Crippen MR) is 85.2 cm³/mol. The van der Waals surface area contributed by atoms with Crippen LogP contribution in [0.5, 0.6) is 0 Å². The second-order valence-electron chi connectivity index (χ2n) is 3.71. The summed E-state index contributed by atoms with van der Waals surface area (Å²) in [6.45, 7) is 0.650. The van der Waals surface area contributed by atoms with E-state index in [1.807, 2.05) is 18.2 Å². The summed E-state index contributed by atoms with van der Waals surface area (Å²) in [5, 5.41) is 10.8. The molecule has 0 fully saturated rings. The molecule has 0 aliphatic heterocycles. The summed E-state index contributed by atoms with van der Waals surface area (Å²) in [6, 6.07) is 10.1. The van der Waals surface area contributed by atoms with Gasteiger partial charge in [-0.25, -0.2) is 0 Å². The number of thioether (sulfide) groups is 2. The van der Waals surface area contributed by atoms with E-state index in [9.17, 15) is 4.79 Å². The summed E-state index contributed by atoms with van der Waals surface area (Å²) in [5.41, 5.74) is 5.47. The molecule has 5 nitrogen and oxygen atoms in total. The van der Waals surface area contributed by atoms with Gasteiger partial charge in [0, 0.05) is 17.2 Å². The van der Waals surface area contributed by atoms with Gasteiger partial charge in [0.1, 0.15) is 0 Å². The Balaban J connectivity index is 1.58. The molecule has 0 unspecified atom stereocenters. The number of nitrogens with zero attached hydrogens (tertiary/aromatic N) is 2. The molecule has 106 valence electrons. The summed E-state index contributed by atoms with van der Waals surface area (Å²) < 4.78 is 0.719. The Kier molecular flexibility index (Phi) is 6.16. The quantitative estimate of drug-likeness (QED) is 0.599. The molecule has 1 amide bonds. The largest absolute Gasteiger partial charge is 0.374 e. The molecule has 1 aromatic carbocycles. The maximum atomic E-state index is 11.6. The Morgan fingerprint density at radius 1 is 1.25 bits per heavy atom.